The van der Waals surface area contributed by atoms with Gasteiger partial charge in [-0.3, -0.25) is 14.1 Å². The molecule has 0 aliphatic heterocycles. The highest BCUT2D eigenvalue weighted by molar-refractivity contribution is 7.46. The van der Waals surface area contributed by atoms with Gasteiger partial charge in [0.1, 0.15) is 6.61 Å². The van der Waals surface area contributed by atoms with Gasteiger partial charge in [0, 0.05) is 12.8 Å². The molecule has 0 amide bonds. The topological polar surface area (TPSA) is 119 Å². The van der Waals surface area contributed by atoms with Crippen molar-refractivity contribution in [1.29, 1.82) is 0 Å². The predicted octanol–water partition coefficient (Wildman–Crippen LogP) is 13.0. The Bertz CT molecular complexity index is 828. The van der Waals surface area contributed by atoms with Crippen LogP contribution in [0.3, 0.4) is 0 Å². The molecule has 8 nitrogen and oxygen atoms in total. The molecule has 1 atom stereocenters. The Kier molecular flexibility index (Phi) is 35.4. The van der Waals surface area contributed by atoms with Crippen molar-refractivity contribution in [3.63, 3.8) is 0 Å². The first-order chi connectivity index (χ1) is 24.5. The maximum Gasteiger partial charge on any atom is 0.469 e. The maximum absolute atomic E-state index is 12.4. The lowest BCUT2D eigenvalue weighted by molar-refractivity contribution is -0.161. The minimum atomic E-state index is -4.75. The van der Waals surface area contributed by atoms with E-state index in [1.165, 1.54) is 141 Å². The van der Waals surface area contributed by atoms with E-state index in [1.54, 1.807) is 0 Å². The Hall–Kier alpha value is -0.950. The van der Waals surface area contributed by atoms with E-state index in [9.17, 15) is 14.2 Å². The number of rotatable bonds is 39. The summed E-state index contributed by atoms with van der Waals surface area (Å²) in [6.07, 6.45) is 35.4. The van der Waals surface area contributed by atoms with Crippen LogP contribution in [0.4, 0.5) is 0 Å². The molecule has 0 spiro atoms. The van der Waals surface area contributed by atoms with Crippen molar-refractivity contribution in [1.82, 2.24) is 0 Å². The number of phosphoric acid groups is 1. The van der Waals surface area contributed by atoms with E-state index < -0.39 is 32.5 Å². The average molecular weight is 747 g/mol. The summed E-state index contributed by atoms with van der Waals surface area (Å²) in [7, 11) is -4.75. The number of phosphoric ester groups is 1. The zero-order chi connectivity index (χ0) is 37.8. The molecule has 0 aromatic rings. The lowest BCUT2D eigenvalue weighted by Crippen LogP contribution is -2.29. The first-order valence-corrected chi connectivity index (χ1v) is 23.1. The summed E-state index contributed by atoms with van der Waals surface area (Å²) in [6.45, 7) is 8.39. The van der Waals surface area contributed by atoms with Gasteiger partial charge >= 0.3 is 19.8 Å². The fourth-order valence-electron chi connectivity index (χ4n) is 6.51. The van der Waals surface area contributed by atoms with Crippen LogP contribution in [0.2, 0.25) is 0 Å². The average Bonchev–Trinajstić information content (AvgIpc) is 3.06. The van der Waals surface area contributed by atoms with Crippen LogP contribution in [-0.2, 0) is 28.2 Å². The first-order valence-electron chi connectivity index (χ1n) is 21.5. The molecule has 0 saturated heterocycles. The van der Waals surface area contributed by atoms with Crippen LogP contribution in [0.5, 0.6) is 0 Å². The summed E-state index contributed by atoms with van der Waals surface area (Å²) in [6, 6.07) is 0. The number of carbonyl (C=O) groups is 2. The van der Waals surface area contributed by atoms with Crippen molar-refractivity contribution in [3.8, 4) is 0 Å². The molecule has 0 aliphatic carbocycles. The zero-order valence-electron chi connectivity index (χ0n) is 33.9. The molecule has 2 N–H and O–H groups in total. The number of hydrogen-bond acceptors (Lipinski definition) is 6. The van der Waals surface area contributed by atoms with Crippen LogP contribution in [-0.4, -0.2) is 41.0 Å². The van der Waals surface area contributed by atoms with Crippen molar-refractivity contribution in [2.75, 3.05) is 13.2 Å². The summed E-state index contributed by atoms with van der Waals surface area (Å²) in [4.78, 5) is 42.9. The largest absolute Gasteiger partial charge is 0.469 e. The molecular formula is C42H83O8P. The molecule has 51 heavy (non-hydrogen) atoms. The Morgan fingerprint density at radius 1 is 0.451 bits per heavy atom. The molecule has 0 unspecified atom stereocenters. The van der Waals surface area contributed by atoms with Crippen molar-refractivity contribution >= 4 is 19.8 Å². The van der Waals surface area contributed by atoms with Gasteiger partial charge in [0.25, 0.3) is 0 Å². The SMILES string of the molecule is CC(C)CCCCCCCCCCCCCCCCCC(=O)OC[C@H](COP(=O)(O)O)OC(=O)CCCCCCCCCCCCCCC(C)C. The van der Waals surface area contributed by atoms with Crippen LogP contribution in [0.1, 0.15) is 227 Å². The molecular weight excluding hydrogens is 663 g/mol. The maximum atomic E-state index is 12.4. The number of carbonyl (C=O) groups excluding carboxylic acids is 2. The van der Waals surface area contributed by atoms with Gasteiger partial charge in [0.05, 0.1) is 6.61 Å². The van der Waals surface area contributed by atoms with Gasteiger partial charge < -0.3 is 19.3 Å². The van der Waals surface area contributed by atoms with Gasteiger partial charge in [-0.05, 0) is 24.7 Å². The number of esters is 2. The molecule has 0 rings (SSSR count). The molecule has 9 heteroatoms. The third-order valence-corrected chi connectivity index (χ3v) is 10.2. The Balaban J connectivity index is 3.85. The third-order valence-electron chi connectivity index (χ3n) is 9.73. The van der Waals surface area contributed by atoms with Crippen LogP contribution >= 0.6 is 7.82 Å². The van der Waals surface area contributed by atoms with Gasteiger partial charge in [-0.25, -0.2) is 4.57 Å². The smallest absolute Gasteiger partial charge is 0.462 e. The van der Waals surface area contributed by atoms with Crippen LogP contribution < -0.4 is 0 Å². The van der Waals surface area contributed by atoms with Crippen LogP contribution in [0, 0.1) is 11.8 Å². The highest BCUT2D eigenvalue weighted by atomic mass is 31.2. The van der Waals surface area contributed by atoms with Crippen molar-refractivity contribution in [2.45, 2.75) is 233 Å². The van der Waals surface area contributed by atoms with E-state index >= 15 is 0 Å². The van der Waals surface area contributed by atoms with Crippen molar-refractivity contribution < 1.29 is 37.9 Å². The number of ether oxygens (including phenoxy) is 2. The lowest BCUT2D eigenvalue weighted by Gasteiger charge is -2.18. The normalized spacial score (nSPS) is 12.5. The summed E-state index contributed by atoms with van der Waals surface area (Å²) in [5.74, 6) is 0.785. The third kappa shape index (κ3) is 41.7. The predicted molar refractivity (Wildman–Crippen MR) is 212 cm³/mol. The molecule has 0 heterocycles. The zero-order valence-corrected chi connectivity index (χ0v) is 34.8. The van der Waals surface area contributed by atoms with Crippen molar-refractivity contribution in [2.24, 2.45) is 11.8 Å². The molecule has 0 aromatic carbocycles. The van der Waals surface area contributed by atoms with Gasteiger partial charge in [-0.15, -0.1) is 0 Å². The standard InChI is InChI=1S/C42H83O8P/c1-38(2)32-28-24-20-16-12-8-6-5-7-9-14-18-22-26-30-34-41(43)48-36-40(37-49-51(45,46)47)50-42(44)35-31-27-23-19-15-11-10-13-17-21-25-29-33-39(3)4/h38-40H,5-37H2,1-4H3,(H2,45,46,47)/t40-/m1/s1. The Labute approximate surface area is 315 Å². The fourth-order valence-corrected chi connectivity index (χ4v) is 6.87. The summed E-state index contributed by atoms with van der Waals surface area (Å²) in [5, 5.41) is 0. The van der Waals surface area contributed by atoms with E-state index in [4.69, 9.17) is 19.3 Å². The van der Waals surface area contributed by atoms with E-state index in [0.717, 1.165) is 50.4 Å². The first kappa shape index (κ1) is 50.1. The molecule has 0 bridgehead atoms. The van der Waals surface area contributed by atoms with Gasteiger partial charge in [0.2, 0.25) is 0 Å². The second kappa shape index (κ2) is 36.0. The number of unbranched alkanes of at least 4 members (excludes halogenated alkanes) is 25. The van der Waals surface area contributed by atoms with E-state index in [-0.39, 0.29) is 19.4 Å². The van der Waals surface area contributed by atoms with Crippen molar-refractivity contribution in [3.05, 3.63) is 0 Å². The Morgan fingerprint density at radius 3 is 1.06 bits per heavy atom. The molecule has 0 saturated carbocycles. The van der Waals surface area contributed by atoms with E-state index in [0.29, 0.717) is 6.42 Å². The van der Waals surface area contributed by atoms with Crippen LogP contribution in [0.25, 0.3) is 0 Å². The van der Waals surface area contributed by atoms with E-state index in [2.05, 4.69) is 32.2 Å². The monoisotopic (exact) mass is 747 g/mol. The summed E-state index contributed by atoms with van der Waals surface area (Å²) >= 11 is 0. The molecule has 0 aromatic heterocycles. The minimum Gasteiger partial charge on any atom is -0.462 e. The molecule has 304 valence electrons. The highest BCUT2D eigenvalue weighted by Crippen LogP contribution is 2.36. The van der Waals surface area contributed by atoms with Gasteiger partial charge in [-0.1, -0.05) is 201 Å². The molecule has 0 fully saturated rings. The second-order valence-electron chi connectivity index (χ2n) is 16.0. The fraction of sp³-hybridized carbons (Fsp3) is 0.952. The molecule has 0 aliphatic rings. The lowest BCUT2D eigenvalue weighted by atomic mass is 10.0. The van der Waals surface area contributed by atoms with E-state index in [1.807, 2.05) is 0 Å². The quantitative estimate of drug-likeness (QED) is 0.0362. The second-order valence-corrected chi connectivity index (χ2v) is 17.2. The minimum absolute atomic E-state index is 0.218. The molecule has 0 radical (unpaired) electrons. The Morgan fingerprint density at radius 2 is 0.745 bits per heavy atom. The number of hydrogen-bond donors (Lipinski definition) is 2. The van der Waals surface area contributed by atoms with Gasteiger partial charge in [-0.2, -0.15) is 0 Å². The van der Waals surface area contributed by atoms with Gasteiger partial charge in [0.15, 0.2) is 6.10 Å². The highest BCUT2D eigenvalue weighted by Gasteiger charge is 2.23. The summed E-state index contributed by atoms with van der Waals surface area (Å²) < 4.78 is 26.4. The summed E-state index contributed by atoms with van der Waals surface area (Å²) in [5.41, 5.74) is 0. The van der Waals surface area contributed by atoms with Crippen LogP contribution in [0.15, 0.2) is 0 Å².